The summed E-state index contributed by atoms with van der Waals surface area (Å²) in [5.74, 6) is 0.279. The summed E-state index contributed by atoms with van der Waals surface area (Å²) in [7, 11) is -0.668. The predicted molar refractivity (Wildman–Crippen MR) is 126 cm³/mol. The van der Waals surface area contributed by atoms with Crippen LogP contribution in [0.2, 0.25) is 0 Å². The van der Waals surface area contributed by atoms with Gasteiger partial charge in [-0.25, -0.2) is 12.7 Å². The molecule has 32 heavy (non-hydrogen) atoms. The van der Waals surface area contributed by atoms with Gasteiger partial charge >= 0.3 is 0 Å². The van der Waals surface area contributed by atoms with E-state index >= 15 is 0 Å². The number of aryl methyl sites for hydroxylation is 1. The average molecular weight is 453 g/mol. The molecule has 3 aromatic rings. The summed E-state index contributed by atoms with van der Waals surface area (Å²) < 4.78 is 32.0. The first kappa shape index (κ1) is 23.5. The van der Waals surface area contributed by atoms with Gasteiger partial charge in [0.2, 0.25) is 10.0 Å². The maximum absolute atomic E-state index is 12.8. The van der Waals surface area contributed by atoms with Crippen molar-refractivity contribution in [1.29, 1.82) is 0 Å². The average Bonchev–Trinajstić information content (AvgIpc) is 2.77. The summed E-state index contributed by atoms with van der Waals surface area (Å²) in [5, 5.41) is 2.80. The molecular weight excluding hydrogens is 424 g/mol. The van der Waals surface area contributed by atoms with E-state index in [4.69, 9.17) is 4.74 Å². The van der Waals surface area contributed by atoms with Crippen molar-refractivity contribution >= 4 is 21.6 Å². The van der Waals surface area contributed by atoms with E-state index in [0.29, 0.717) is 17.9 Å². The van der Waals surface area contributed by atoms with E-state index in [9.17, 15) is 13.2 Å². The van der Waals surface area contributed by atoms with Gasteiger partial charge in [0.05, 0.1) is 4.90 Å². The molecule has 0 heterocycles. The Balaban J connectivity index is 1.75. The van der Waals surface area contributed by atoms with Crippen molar-refractivity contribution in [3.05, 3.63) is 89.5 Å². The first-order chi connectivity index (χ1) is 15.2. The molecule has 0 radical (unpaired) electrons. The Morgan fingerprint density at radius 3 is 2.34 bits per heavy atom. The Labute approximate surface area is 189 Å². The molecule has 168 valence electrons. The number of para-hydroxylation sites is 1. The topological polar surface area (TPSA) is 75.7 Å². The van der Waals surface area contributed by atoms with Gasteiger partial charge in [0.25, 0.3) is 5.91 Å². The maximum Gasteiger partial charge on any atom is 0.265 e. The standard InChI is InChI=1S/C25H28N2O4S/c1-18-14-15-22(32(29,30)27(3)4)17-23(18)26-25(28)19(2)31-24-13-9-8-12-21(24)16-20-10-6-5-7-11-20/h5-15,17,19H,16H2,1-4H3,(H,26,28). The van der Waals surface area contributed by atoms with Crippen LogP contribution < -0.4 is 10.1 Å². The van der Waals surface area contributed by atoms with Gasteiger partial charge in [-0.3, -0.25) is 4.79 Å². The highest BCUT2D eigenvalue weighted by Crippen LogP contribution is 2.25. The number of sulfonamides is 1. The van der Waals surface area contributed by atoms with Crippen LogP contribution in [0.25, 0.3) is 0 Å². The Kier molecular flexibility index (Phi) is 7.33. The van der Waals surface area contributed by atoms with E-state index in [0.717, 1.165) is 21.0 Å². The number of carbonyl (C=O) groups excluding carboxylic acids is 1. The van der Waals surface area contributed by atoms with Crippen molar-refractivity contribution in [2.75, 3.05) is 19.4 Å². The zero-order valence-corrected chi connectivity index (χ0v) is 19.5. The highest BCUT2D eigenvalue weighted by molar-refractivity contribution is 7.89. The molecule has 0 bridgehead atoms. The van der Waals surface area contributed by atoms with Crippen molar-refractivity contribution in [2.45, 2.75) is 31.3 Å². The van der Waals surface area contributed by atoms with E-state index in [2.05, 4.69) is 5.32 Å². The molecule has 3 aromatic carbocycles. The molecule has 1 amide bonds. The fourth-order valence-electron chi connectivity index (χ4n) is 3.17. The number of benzene rings is 3. The molecule has 0 aromatic heterocycles. The van der Waals surface area contributed by atoms with Crippen LogP contribution in [-0.2, 0) is 21.2 Å². The molecule has 0 aliphatic carbocycles. The minimum atomic E-state index is -3.61. The minimum Gasteiger partial charge on any atom is -0.481 e. The van der Waals surface area contributed by atoms with Crippen molar-refractivity contribution in [1.82, 2.24) is 4.31 Å². The normalized spacial score (nSPS) is 12.4. The summed E-state index contributed by atoms with van der Waals surface area (Å²) >= 11 is 0. The van der Waals surface area contributed by atoms with Gasteiger partial charge in [-0.1, -0.05) is 54.6 Å². The number of hydrogen-bond donors (Lipinski definition) is 1. The van der Waals surface area contributed by atoms with Gasteiger partial charge in [0, 0.05) is 26.2 Å². The molecule has 1 atom stereocenters. The quantitative estimate of drug-likeness (QED) is 0.555. The highest BCUT2D eigenvalue weighted by Gasteiger charge is 2.21. The lowest BCUT2D eigenvalue weighted by Crippen LogP contribution is -2.31. The number of nitrogens with one attached hydrogen (secondary N) is 1. The monoisotopic (exact) mass is 452 g/mol. The smallest absolute Gasteiger partial charge is 0.265 e. The highest BCUT2D eigenvalue weighted by atomic mass is 32.2. The molecule has 0 saturated heterocycles. The molecule has 7 heteroatoms. The zero-order valence-electron chi connectivity index (χ0n) is 18.7. The first-order valence-electron chi connectivity index (χ1n) is 10.3. The van der Waals surface area contributed by atoms with Crippen LogP contribution in [0, 0.1) is 6.92 Å². The van der Waals surface area contributed by atoms with Gasteiger partial charge in [-0.05, 0) is 48.7 Å². The molecule has 0 spiro atoms. The summed E-state index contributed by atoms with van der Waals surface area (Å²) in [6, 6.07) is 22.3. The van der Waals surface area contributed by atoms with Crippen LogP contribution in [0.5, 0.6) is 5.75 Å². The van der Waals surface area contributed by atoms with Crippen LogP contribution in [0.4, 0.5) is 5.69 Å². The summed E-state index contributed by atoms with van der Waals surface area (Å²) in [5.41, 5.74) is 3.32. The Hall–Kier alpha value is -3.16. The lowest BCUT2D eigenvalue weighted by atomic mass is 10.0. The second kappa shape index (κ2) is 9.97. The van der Waals surface area contributed by atoms with Gasteiger partial charge < -0.3 is 10.1 Å². The van der Waals surface area contributed by atoms with Crippen molar-refractivity contribution in [3.8, 4) is 5.75 Å². The number of ether oxygens (including phenoxy) is 1. The third-order valence-electron chi connectivity index (χ3n) is 5.13. The van der Waals surface area contributed by atoms with Crippen LogP contribution in [0.3, 0.4) is 0 Å². The van der Waals surface area contributed by atoms with Crippen molar-refractivity contribution in [3.63, 3.8) is 0 Å². The number of carbonyl (C=O) groups is 1. The number of hydrogen-bond acceptors (Lipinski definition) is 4. The predicted octanol–water partition coefficient (Wildman–Crippen LogP) is 4.24. The fourth-order valence-corrected chi connectivity index (χ4v) is 4.09. The SMILES string of the molecule is Cc1ccc(S(=O)(=O)N(C)C)cc1NC(=O)C(C)Oc1ccccc1Cc1ccccc1. The molecule has 0 aliphatic rings. The van der Waals surface area contributed by atoms with Gasteiger partial charge in [-0.2, -0.15) is 0 Å². The van der Waals surface area contributed by atoms with Crippen LogP contribution in [-0.4, -0.2) is 38.8 Å². The fraction of sp³-hybridized carbons (Fsp3) is 0.240. The first-order valence-corrected chi connectivity index (χ1v) is 11.7. The van der Waals surface area contributed by atoms with Gasteiger partial charge in [0.1, 0.15) is 5.75 Å². The summed E-state index contributed by atoms with van der Waals surface area (Å²) in [4.78, 5) is 13.0. The largest absolute Gasteiger partial charge is 0.481 e. The molecular formula is C25H28N2O4S. The van der Waals surface area contributed by atoms with Crippen LogP contribution in [0.1, 0.15) is 23.6 Å². The molecule has 6 nitrogen and oxygen atoms in total. The third-order valence-corrected chi connectivity index (χ3v) is 6.94. The van der Waals surface area contributed by atoms with E-state index < -0.39 is 16.1 Å². The number of anilines is 1. The van der Waals surface area contributed by atoms with Gasteiger partial charge in [0.15, 0.2) is 6.10 Å². The molecule has 0 saturated carbocycles. The second-order valence-corrected chi connectivity index (χ2v) is 9.94. The molecule has 3 rings (SSSR count). The Morgan fingerprint density at radius 2 is 1.66 bits per heavy atom. The Morgan fingerprint density at radius 1 is 1.00 bits per heavy atom. The minimum absolute atomic E-state index is 0.116. The number of amides is 1. The maximum atomic E-state index is 12.8. The van der Waals surface area contributed by atoms with Crippen LogP contribution in [0.15, 0.2) is 77.7 Å². The number of rotatable bonds is 8. The Bertz CT molecular complexity index is 1190. The third kappa shape index (κ3) is 5.55. The zero-order chi connectivity index (χ0) is 23.3. The molecule has 0 fully saturated rings. The molecule has 1 N–H and O–H groups in total. The lowest BCUT2D eigenvalue weighted by Gasteiger charge is -2.19. The summed E-state index contributed by atoms with van der Waals surface area (Å²) in [6.07, 6.45) is -0.0880. The van der Waals surface area contributed by atoms with Crippen molar-refractivity contribution < 1.29 is 17.9 Å². The van der Waals surface area contributed by atoms with E-state index in [1.807, 2.05) is 61.5 Å². The molecule has 1 unspecified atom stereocenters. The molecule has 0 aliphatic heterocycles. The van der Waals surface area contributed by atoms with E-state index in [-0.39, 0.29) is 10.8 Å². The van der Waals surface area contributed by atoms with E-state index in [1.54, 1.807) is 13.0 Å². The lowest BCUT2D eigenvalue weighted by molar-refractivity contribution is -0.122. The van der Waals surface area contributed by atoms with Gasteiger partial charge in [-0.15, -0.1) is 0 Å². The second-order valence-electron chi connectivity index (χ2n) is 7.78. The summed E-state index contributed by atoms with van der Waals surface area (Å²) in [6.45, 7) is 3.48. The number of nitrogens with zero attached hydrogens (tertiary/aromatic N) is 1. The van der Waals surface area contributed by atoms with E-state index in [1.165, 1.54) is 26.2 Å². The van der Waals surface area contributed by atoms with Crippen LogP contribution >= 0.6 is 0 Å². The van der Waals surface area contributed by atoms with Crippen molar-refractivity contribution in [2.24, 2.45) is 0 Å².